The number of amides is 2. The molecule has 0 spiro atoms. The summed E-state index contributed by atoms with van der Waals surface area (Å²) in [5, 5.41) is 0. The van der Waals surface area contributed by atoms with Gasteiger partial charge >= 0.3 is 0 Å². The van der Waals surface area contributed by atoms with Gasteiger partial charge in [-0.25, -0.2) is 8.78 Å². The van der Waals surface area contributed by atoms with Gasteiger partial charge in [0.15, 0.2) is 11.6 Å². The Morgan fingerprint density at radius 1 is 0.920 bits per heavy atom. The van der Waals surface area contributed by atoms with Crippen molar-refractivity contribution >= 4 is 11.8 Å². The third kappa shape index (κ3) is 4.35. The van der Waals surface area contributed by atoms with E-state index in [1.807, 2.05) is 4.90 Å². The van der Waals surface area contributed by atoms with Crippen molar-refractivity contribution in [2.45, 2.75) is 38.5 Å². The fraction of sp³-hybridized carbons (Fsp3) is 0.579. The quantitative estimate of drug-likeness (QED) is 0.840. The molecule has 1 aromatic rings. The summed E-state index contributed by atoms with van der Waals surface area (Å²) in [6.07, 6.45) is 6.59. The first-order valence-electron chi connectivity index (χ1n) is 9.06. The van der Waals surface area contributed by atoms with Crippen molar-refractivity contribution in [1.29, 1.82) is 0 Å². The van der Waals surface area contributed by atoms with Crippen LogP contribution in [0.5, 0.6) is 0 Å². The maximum absolute atomic E-state index is 13.3. The minimum absolute atomic E-state index is 0.140. The smallest absolute Gasteiger partial charge is 0.254 e. The van der Waals surface area contributed by atoms with E-state index < -0.39 is 11.6 Å². The van der Waals surface area contributed by atoms with Crippen LogP contribution in [0.2, 0.25) is 0 Å². The maximum Gasteiger partial charge on any atom is 0.254 e. The minimum Gasteiger partial charge on any atom is -0.339 e. The van der Waals surface area contributed by atoms with E-state index in [4.69, 9.17) is 0 Å². The fourth-order valence-corrected chi connectivity index (χ4v) is 3.74. The van der Waals surface area contributed by atoms with Crippen molar-refractivity contribution in [3.63, 3.8) is 0 Å². The molecule has 1 saturated carbocycles. The molecule has 1 aromatic carbocycles. The van der Waals surface area contributed by atoms with Crippen molar-refractivity contribution in [3.8, 4) is 0 Å². The van der Waals surface area contributed by atoms with Crippen molar-refractivity contribution in [2.75, 3.05) is 26.2 Å². The highest BCUT2D eigenvalue weighted by molar-refractivity contribution is 5.94. The molecule has 136 valence electrons. The summed E-state index contributed by atoms with van der Waals surface area (Å²) in [6.45, 7) is 1.85. The van der Waals surface area contributed by atoms with E-state index in [1.165, 1.54) is 25.3 Å². The van der Waals surface area contributed by atoms with Gasteiger partial charge in [-0.2, -0.15) is 0 Å². The van der Waals surface area contributed by atoms with Crippen molar-refractivity contribution in [3.05, 3.63) is 35.4 Å². The van der Waals surface area contributed by atoms with Gasteiger partial charge in [0.05, 0.1) is 0 Å². The van der Waals surface area contributed by atoms with E-state index in [0.29, 0.717) is 38.5 Å². The third-order valence-corrected chi connectivity index (χ3v) is 5.27. The predicted octanol–water partition coefficient (Wildman–Crippen LogP) is 3.22. The normalized spacial score (nSPS) is 19.1. The summed E-state index contributed by atoms with van der Waals surface area (Å²) in [4.78, 5) is 28.2. The number of carbonyl (C=O) groups is 2. The average Bonchev–Trinajstić information content (AvgIpc) is 2.64. The lowest BCUT2D eigenvalue weighted by molar-refractivity contribution is -0.133. The summed E-state index contributed by atoms with van der Waals surface area (Å²) >= 11 is 0. The van der Waals surface area contributed by atoms with Gasteiger partial charge in [-0.1, -0.05) is 19.3 Å². The SMILES string of the molecule is O=C(CC1CCCCC1)N1CCN(C(=O)c2ccc(F)c(F)c2)CC1. The van der Waals surface area contributed by atoms with Crippen LogP contribution in [0.1, 0.15) is 48.9 Å². The summed E-state index contributed by atoms with van der Waals surface area (Å²) in [7, 11) is 0. The van der Waals surface area contributed by atoms with Gasteiger partial charge < -0.3 is 9.80 Å². The predicted molar refractivity (Wildman–Crippen MR) is 90.0 cm³/mol. The van der Waals surface area contributed by atoms with Gasteiger partial charge in [0.25, 0.3) is 5.91 Å². The summed E-state index contributed by atoms with van der Waals surface area (Å²) in [6, 6.07) is 3.19. The molecule has 0 bridgehead atoms. The summed E-state index contributed by atoms with van der Waals surface area (Å²) in [5.74, 6) is -1.63. The number of hydrogen-bond acceptors (Lipinski definition) is 2. The van der Waals surface area contributed by atoms with E-state index in [2.05, 4.69) is 0 Å². The number of benzene rings is 1. The lowest BCUT2D eigenvalue weighted by Crippen LogP contribution is -2.50. The topological polar surface area (TPSA) is 40.6 Å². The van der Waals surface area contributed by atoms with Crippen LogP contribution in [0.25, 0.3) is 0 Å². The molecule has 25 heavy (non-hydrogen) atoms. The Hall–Kier alpha value is -1.98. The van der Waals surface area contributed by atoms with Gasteiger partial charge in [-0.05, 0) is 37.0 Å². The highest BCUT2D eigenvalue weighted by atomic mass is 19.2. The van der Waals surface area contributed by atoms with Crippen LogP contribution >= 0.6 is 0 Å². The molecular formula is C19H24F2N2O2. The molecular weight excluding hydrogens is 326 g/mol. The molecule has 1 saturated heterocycles. The molecule has 0 unspecified atom stereocenters. The van der Waals surface area contributed by atoms with Gasteiger partial charge in [0.2, 0.25) is 5.91 Å². The second-order valence-electron chi connectivity index (χ2n) is 7.01. The Morgan fingerprint density at radius 2 is 1.56 bits per heavy atom. The lowest BCUT2D eigenvalue weighted by atomic mass is 9.86. The average molecular weight is 350 g/mol. The first-order chi connectivity index (χ1) is 12.0. The highest BCUT2D eigenvalue weighted by Gasteiger charge is 2.27. The highest BCUT2D eigenvalue weighted by Crippen LogP contribution is 2.27. The van der Waals surface area contributed by atoms with Crippen LogP contribution in [0.15, 0.2) is 18.2 Å². The van der Waals surface area contributed by atoms with E-state index in [1.54, 1.807) is 4.90 Å². The van der Waals surface area contributed by atoms with E-state index >= 15 is 0 Å². The van der Waals surface area contributed by atoms with Gasteiger partial charge in [0, 0.05) is 38.2 Å². The second kappa shape index (κ2) is 7.93. The monoisotopic (exact) mass is 350 g/mol. The molecule has 0 atom stereocenters. The van der Waals surface area contributed by atoms with Crippen LogP contribution in [-0.4, -0.2) is 47.8 Å². The van der Waals surface area contributed by atoms with Gasteiger partial charge in [-0.3, -0.25) is 9.59 Å². The molecule has 1 heterocycles. The molecule has 2 aliphatic rings. The lowest BCUT2D eigenvalue weighted by Gasteiger charge is -2.35. The Kier molecular flexibility index (Phi) is 5.66. The zero-order valence-corrected chi connectivity index (χ0v) is 14.3. The molecule has 4 nitrogen and oxygen atoms in total. The van der Waals surface area contributed by atoms with E-state index in [9.17, 15) is 18.4 Å². The number of nitrogens with zero attached hydrogens (tertiary/aromatic N) is 2. The molecule has 3 rings (SSSR count). The molecule has 0 N–H and O–H groups in total. The Morgan fingerprint density at radius 3 is 2.20 bits per heavy atom. The minimum atomic E-state index is -1.02. The molecule has 0 radical (unpaired) electrons. The van der Waals surface area contributed by atoms with E-state index in [-0.39, 0.29) is 17.4 Å². The Balaban J connectivity index is 1.51. The number of halogens is 2. The summed E-state index contributed by atoms with van der Waals surface area (Å²) in [5.41, 5.74) is 0.140. The molecule has 0 aromatic heterocycles. The zero-order valence-electron chi connectivity index (χ0n) is 14.3. The van der Waals surface area contributed by atoms with Crippen LogP contribution in [0.4, 0.5) is 8.78 Å². The number of piperazine rings is 1. The number of carbonyl (C=O) groups excluding carboxylic acids is 2. The fourth-order valence-electron chi connectivity index (χ4n) is 3.74. The molecule has 2 fully saturated rings. The molecule has 1 aliphatic carbocycles. The van der Waals surface area contributed by atoms with Crippen LogP contribution in [0, 0.1) is 17.6 Å². The number of rotatable bonds is 3. The Bertz CT molecular complexity index is 636. The second-order valence-corrected chi connectivity index (χ2v) is 7.01. The molecule has 6 heteroatoms. The van der Waals surface area contributed by atoms with Gasteiger partial charge in [0.1, 0.15) is 0 Å². The van der Waals surface area contributed by atoms with Crippen molar-refractivity contribution in [2.24, 2.45) is 5.92 Å². The number of hydrogen-bond donors (Lipinski definition) is 0. The first kappa shape index (κ1) is 17.8. The molecule has 2 amide bonds. The zero-order chi connectivity index (χ0) is 17.8. The standard InChI is InChI=1S/C19H24F2N2O2/c20-16-7-6-15(13-17(16)21)19(25)23-10-8-22(9-11-23)18(24)12-14-4-2-1-3-5-14/h6-7,13-14H,1-5,8-12H2. The summed E-state index contributed by atoms with van der Waals surface area (Å²) < 4.78 is 26.3. The van der Waals surface area contributed by atoms with Crippen molar-refractivity contribution in [1.82, 2.24) is 9.80 Å². The van der Waals surface area contributed by atoms with Crippen LogP contribution in [0.3, 0.4) is 0 Å². The Labute approximate surface area is 146 Å². The maximum atomic E-state index is 13.3. The van der Waals surface area contributed by atoms with Crippen LogP contribution < -0.4 is 0 Å². The first-order valence-corrected chi connectivity index (χ1v) is 9.06. The van der Waals surface area contributed by atoms with Crippen molar-refractivity contribution < 1.29 is 18.4 Å². The third-order valence-electron chi connectivity index (χ3n) is 5.27. The molecule has 1 aliphatic heterocycles. The van der Waals surface area contributed by atoms with Crippen LogP contribution in [-0.2, 0) is 4.79 Å². The van der Waals surface area contributed by atoms with Gasteiger partial charge in [-0.15, -0.1) is 0 Å². The van der Waals surface area contributed by atoms with E-state index in [0.717, 1.165) is 25.0 Å². The largest absolute Gasteiger partial charge is 0.339 e.